The summed E-state index contributed by atoms with van der Waals surface area (Å²) in [7, 11) is 0. The summed E-state index contributed by atoms with van der Waals surface area (Å²) in [5.74, 6) is 0. The standard InChI is InChI=1S/C14H9Cl2F3N2S/c15-10-6-5-8(7-9(10)14(17,18)19)20-13(22)21-12-4-2-1-3-11(12)16/h1-7H,(H2,20,21,22). The first-order valence-corrected chi connectivity index (χ1v) is 7.13. The zero-order valence-corrected chi connectivity index (χ0v) is 13.2. The van der Waals surface area contributed by atoms with Gasteiger partial charge < -0.3 is 10.6 Å². The number of rotatable bonds is 2. The highest BCUT2D eigenvalue weighted by Crippen LogP contribution is 2.36. The van der Waals surface area contributed by atoms with Crippen molar-refractivity contribution in [1.29, 1.82) is 0 Å². The fourth-order valence-electron chi connectivity index (χ4n) is 1.67. The molecule has 2 N–H and O–H groups in total. The Balaban J connectivity index is 2.14. The first-order valence-electron chi connectivity index (χ1n) is 5.96. The Labute approximate surface area is 140 Å². The summed E-state index contributed by atoms with van der Waals surface area (Å²) in [5.41, 5.74) is -0.215. The first-order chi connectivity index (χ1) is 10.3. The minimum atomic E-state index is -4.54. The molecule has 0 aromatic heterocycles. The maximum Gasteiger partial charge on any atom is 0.417 e. The molecule has 8 heteroatoms. The molecule has 0 bridgehead atoms. The lowest BCUT2D eigenvalue weighted by Gasteiger charge is -2.14. The van der Waals surface area contributed by atoms with E-state index in [0.29, 0.717) is 10.7 Å². The topological polar surface area (TPSA) is 24.1 Å². The van der Waals surface area contributed by atoms with Crippen molar-refractivity contribution in [3.05, 3.63) is 58.1 Å². The van der Waals surface area contributed by atoms with Crippen LogP contribution in [0.5, 0.6) is 0 Å². The van der Waals surface area contributed by atoms with Gasteiger partial charge in [0.15, 0.2) is 5.11 Å². The van der Waals surface area contributed by atoms with E-state index in [0.717, 1.165) is 12.1 Å². The molecule has 0 atom stereocenters. The summed E-state index contributed by atoms with van der Waals surface area (Å²) in [6.45, 7) is 0. The van der Waals surface area contributed by atoms with Crippen molar-refractivity contribution in [2.45, 2.75) is 6.18 Å². The van der Waals surface area contributed by atoms with Crippen LogP contribution in [-0.4, -0.2) is 5.11 Å². The molecule has 0 spiro atoms. The molecule has 0 saturated heterocycles. The molecule has 0 aliphatic rings. The third-order valence-electron chi connectivity index (χ3n) is 2.65. The largest absolute Gasteiger partial charge is 0.417 e. The smallest absolute Gasteiger partial charge is 0.332 e. The van der Waals surface area contributed by atoms with Crippen LogP contribution in [0.2, 0.25) is 10.0 Å². The third-order valence-corrected chi connectivity index (χ3v) is 3.51. The van der Waals surface area contributed by atoms with Gasteiger partial charge in [-0.1, -0.05) is 35.3 Å². The third kappa shape index (κ3) is 4.25. The van der Waals surface area contributed by atoms with Gasteiger partial charge in [0, 0.05) is 5.69 Å². The molecule has 0 heterocycles. The van der Waals surface area contributed by atoms with E-state index < -0.39 is 11.7 Å². The van der Waals surface area contributed by atoms with Gasteiger partial charge >= 0.3 is 6.18 Å². The van der Waals surface area contributed by atoms with Gasteiger partial charge in [-0.15, -0.1) is 0 Å². The number of nitrogens with one attached hydrogen (secondary N) is 2. The highest BCUT2D eigenvalue weighted by Gasteiger charge is 2.33. The zero-order valence-electron chi connectivity index (χ0n) is 10.8. The van der Waals surface area contributed by atoms with Crippen molar-refractivity contribution < 1.29 is 13.2 Å². The fraction of sp³-hybridized carbons (Fsp3) is 0.0714. The molecule has 0 amide bonds. The highest BCUT2D eigenvalue weighted by atomic mass is 35.5. The Kier molecular flexibility index (Phi) is 5.16. The van der Waals surface area contributed by atoms with Crippen LogP contribution in [0, 0.1) is 0 Å². The molecule has 0 unspecified atom stereocenters. The average molecular weight is 365 g/mol. The summed E-state index contributed by atoms with van der Waals surface area (Å²) in [5, 5.41) is 5.65. The summed E-state index contributed by atoms with van der Waals surface area (Å²) in [4.78, 5) is 0. The van der Waals surface area contributed by atoms with E-state index in [9.17, 15) is 13.2 Å². The second-order valence-corrected chi connectivity index (χ2v) is 5.47. The molecule has 22 heavy (non-hydrogen) atoms. The van der Waals surface area contributed by atoms with E-state index in [-0.39, 0.29) is 15.8 Å². The predicted molar refractivity (Wildman–Crippen MR) is 87.7 cm³/mol. The molecule has 116 valence electrons. The minimum absolute atomic E-state index is 0.114. The Morgan fingerprint density at radius 2 is 1.64 bits per heavy atom. The van der Waals surface area contributed by atoms with E-state index in [2.05, 4.69) is 10.6 Å². The normalized spacial score (nSPS) is 11.1. The molecule has 2 nitrogen and oxygen atoms in total. The van der Waals surface area contributed by atoms with E-state index in [1.165, 1.54) is 6.07 Å². The molecule has 2 rings (SSSR count). The van der Waals surface area contributed by atoms with E-state index in [1.807, 2.05) is 0 Å². The summed E-state index contributed by atoms with van der Waals surface area (Å²) in [6.07, 6.45) is -4.54. The maximum absolute atomic E-state index is 12.8. The summed E-state index contributed by atoms with van der Waals surface area (Å²) in [6, 6.07) is 10.3. The quantitative estimate of drug-likeness (QED) is 0.656. The van der Waals surface area contributed by atoms with Crippen molar-refractivity contribution in [2.24, 2.45) is 0 Å². The predicted octanol–water partition coefficient (Wildman–Crippen LogP) is 5.82. The van der Waals surface area contributed by atoms with Crippen LogP contribution in [0.3, 0.4) is 0 Å². The molecule has 2 aromatic rings. The number of benzene rings is 2. The number of para-hydroxylation sites is 1. The summed E-state index contributed by atoms with van der Waals surface area (Å²) >= 11 is 16.6. The molecular formula is C14H9Cl2F3N2S. The van der Waals surface area contributed by atoms with E-state index in [1.54, 1.807) is 24.3 Å². The Morgan fingerprint density at radius 1 is 0.955 bits per heavy atom. The van der Waals surface area contributed by atoms with E-state index >= 15 is 0 Å². The first kappa shape index (κ1) is 16.9. The van der Waals surface area contributed by atoms with Crippen LogP contribution in [0.1, 0.15) is 5.56 Å². The van der Waals surface area contributed by atoms with Crippen LogP contribution in [0.15, 0.2) is 42.5 Å². The van der Waals surface area contributed by atoms with Crippen molar-refractivity contribution in [1.82, 2.24) is 0 Å². The molecule has 0 aliphatic carbocycles. The second kappa shape index (κ2) is 6.73. The summed E-state index contributed by atoms with van der Waals surface area (Å²) < 4.78 is 38.4. The number of halogens is 5. The molecular weight excluding hydrogens is 356 g/mol. The highest BCUT2D eigenvalue weighted by molar-refractivity contribution is 7.80. The van der Waals surface area contributed by atoms with Crippen LogP contribution in [-0.2, 0) is 6.18 Å². The number of hydrogen-bond donors (Lipinski definition) is 2. The second-order valence-electron chi connectivity index (χ2n) is 4.25. The molecule has 0 saturated carbocycles. The van der Waals surface area contributed by atoms with Gasteiger partial charge in [-0.2, -0.15) is 13.2 Å². The zero-order chi connectivity index (χ0) is 16.3. The van der Waals surface area contributed by atoms with Crippen molar-refractivity contribution >= 4 is 51.9 Å². The minimum Gasteiger partial charge on any atom is -0.332 e. The number of thiocarbonyl (C=S) groups is 1. The van der Waals surface area contributed by atoms with Crippen molar-refractivity contribution in [3.8, 4) is 0 Å². The van der Waals surface area contributed by atoms with Crippen LogP contribution >= 0.6 is 35.4 Å². The Morgan fingerprint density at radius 3 is 2.27 bits per heavy atom. The van der Waals surface area contributed by atoms with E-state index in [4.69, 9.17) is 35.4 Å². The lowest BCUT2D eigenvalue weighted by molar-refractivity contribution is -0.137. The lowest BCUT2D eigenvalue weighted by atomic mass is 10.2. The van der Waals surface area contributed by atoms with Gasteiger partial charge in [0.2, 0.25) is 0 Å². The average Bonchev–Trinajstić information content (AvgIpc) is 2.42. The van der Waals surface area contributed by atoms with Gasteiger partial charge in [-0.3, -0.25) is 0 Å². The van der Waals surface area contributed by atoms with Crippen molar-refractivity contribution in [2.75, 3.05) is 10.6 Å². The number of hydrogen-bond acceptors (Lipinski definition) is 1. The van der Waals surface area contributed by atoms with Crippen LogP contribution < -0.4 is 10.6 Å². The molecule has 0 fully saturated rings. The lowest BCUT2D eigenvalue weighted by Crippen LogP contribution is -2.19. The molecule has 2 aromatic carbocycles. The Bertz CT molecular complexity index is 705. The van der Waals surface area contributed by atoms with Gasteiger partial charge in [0.05, 0.1) is 21.3 Å². The van der Waals surface area contributed by atoms with Gasteiger partial charge in [0.25, 0.3) is 0 Å². The molecule has 0 radical (unpaired) electrons. The van der Waals surface area contributed by atoms with Crippen LogP contribution in [0.4, 0.5) is 24.5 Å². The maximum atomic E-state index is 12.8. The Hall–Kier alpha value is -1.50. The number of alkyl halides is 3. The van der Waals surface area contributed by atoms with Crippen LogP contribution in [0.25, 0.3) is 0 Å². The van der Waals surface area contributed by atoms with Gasteiger partial charge in [-0.25, -0.2) is 0 Å². The number of anilines is 2. The molecule has 0 aliphatic heterocycles. The van der Waals surface area contributed by atoms with Gasteiger partial charge in [0.1, 0.15) is 0 Å². The van der Waals surface area contributed by atoms with Gasteiger partial charge in [-0.05, 0) is 42.5 Å². The monoisotopic (exact) mass is 364 g/mol. The van der Waals surface area contributed by atoms with Crippen molar-refractivity contribution in [3.63, 3.8) is 0 Å². The fourth-order valence-corrected chi connectivity index (χ4v) is 2.30. The SMILES string of the molecule is FC(F)(F)c1cc(NC(=S)Nc2ccccc2Cl)ccc1Cl.